The fourth-order valence-electron chi connectivity index (χ4n) is 3.29. The summed E-state index contributed by atoms with van der Waals surface area (Å²) in [6.07, 6.45) is 0.244. The summed E-state index contributed by atoms with van der Waals surface area (Å²) in [6, 6.07) is 9.88. The predicted molar refractivity (Wildman–Crippen MR) is 109 cm³/mol. The molecule has 0 aromatic heterocycles. The van der Waals surface area contributed by atoms with Crippen molar-refractivity contribution in [2.75, 3.05) is 16.8 Å². The maximum Gasteiger partial charge on any atom is 0.229 e. The number of rotatable bonds is 3. The van der Waals surface area contributed by atoms with Gasteiger partial charge in [0.1, 0.15) is 0 Å². The minimum absolute atomic E-state index is 0.00237. The van der Waals surface area contributed by atoms with Gasteiger partial charge in [-0.05, 0) is 68.1 Å². The van der Waals surface area contributed by atoms with Crippen LogP contribution in [0.15, 0.2) is 34.8 Å². The van der Waals surface area contributed by atoms with Gasteiger partial charge in [-0.15, -0.1) is 0 Å². The van der Waals surface area contributed by atoms with E-state index in [4.69, 9.17) is 0 Å². The summed E-state index contributed by atoms with van der Waals surface area (Å²) in [7, 11) is 0. The molecular formula is C21H23BrN2O2. The summed E-state index contributed by atoms with van der Waals surface area (Å²) < 4.78 is 1.02. The molecule has 0 saturated carbocycles. The van der Waals surface area contributed by atoms with E-state index in [0.29, 0.717) is 6.54 Å². The van der Waals surface area contributed by atoms with E-state index in [2.05, 4.69) is 21.2 Å². The van der Waals surface area contributed by atoms with Crippen LogP contribution < -0.4 is 10.2 Å². The Morgan fingerprint density at radius 3 is 2.58 bits per heavy atom. The molecule has 5 heteroatoms. The van der Waals surface area contributed by atoms with Crippen LogP contribution in [0.4, 0.5) is 11.4 Å². The molecule has 0 radical (unpaired) electrons. The van der Waals surface area contributed by atoms with E-state index in [-0.39, 0.29) is 24.2 Å². The first-order valence-electron chi connectivity index (χ1n) is 8.72. The standard InChI is InChI=1S/C21H23BrN2O2/c1-12-6-5-7-19(15(12)4)24-11-16(10-20(24)25)21(26)23-18-9-13(2)17(22)8-14(18)3/h5-9,16H,10-11H2,1-4H3,(H,23,26)/t16-/m1/s1. The van der Waals surface area contributed by atoms with Gasteiger partial charge < -0.3 is 10.2 Å². The number of anilines is 2. The van der Waals surface area contributed by atoms with Gasteiger partial charge in [-0.3, -0.25) is 9.59 Å². The van der Waals surface area contributed by atoms with Crippen molar-refractivity contribution in [1.82, 2.24) is 0 Å². The monoisotopic (exact) mass is 414 g/mol. The molecule has 1 N–H and O–H groups in total. The van der Waals surface area contributed by atoms with Crippen molar-refractivity contribution in [1.29, 1.82) is 0 Å². The van der Waals surface area contributed by atoms with E-state index in [1.807, 2.05) is 58.0 Å². The molecule has 1 heterocycles. The van der Waals surface area contributed by atoms with E-state index in [1.165, 1.54) is 0 Å². The lowest BCUT2D eigenvalue weighted by molar-refractivity contribution is -0.122. The van der Waals surface area contributed by atoms with Gasteiger partial charge in [-0.1, -0.05) is 28.1 Å². The fourth-order valence-corrected chi connectivity index (χ4v) is 3.75. The average Bonchev–Trinajstić information content (AvgIpc) is 2.97. The van der Waals surface area contributed by atoms with Crippen LogP contribution in [0.3, 0.4) is 0 Å². The Labute approximate surface area is 162 Å². The third-order valence-corrected chi connectivity index (χ3v) is 5.98. The molecule has 0 spiro atoms. The van der Waals surface area contributed by atoms with Gasteiger partial charge in [0.25, 0.3) is 0 Å². The molecule has 0 bridgehead atoms. The maximum absolute atomic E-state index is 12.7. The lowest BCUT2D eigenvalue weighted by Crippen LogP contribution is -2.28. The molecule has 1 aliphatic heterocycles. The molecule has 2 aromatic carbocycles. The van der Waals surface area contributed by atoms with E-state index in [1.54, 1.807) is 4.90 Å². The fraction of sp³-hybridized carbons (Fsp3) is 0.333. The third-order valence-electron chi connectivity index (χ3n) is 5.13. The van der Waals surface area contributed by atoms with Crippen LogP contribution in [-0.4, -0.2) is 18.4 Å². The number of nitrogens with one attached hydrogen (secondary N) is 1. The lowest BCUT2D eigenvalue weighted by Gasteiger charge is -2.20. The van der Waals surface area contributed by atoms with Crippen molar-refractivity contribution in [2.45, 2.75) is 34.1 Å². The van der Waals surface area contributed by atoms with Crippen molar-refractivity contribution in [2.24, 2.45) is 5.92 Å². The highest BCUT2D eigenvalue weighted by atomic mass is 79.9. The minimum atomic E-state index is -0.342. The Morgan fingerprint density at radius 1 is 1.12 bits per heavy atom. The van der Waals surface area contributed by atoms with Crippen LogP contribution in [0.1, 0.15) is 28.7 Å². The minimum Gasteiger partial charge on any atom is -0.326 e. The van der Waals surface area contributed by atoms with Crippen molar-refractivity contribution in [3.05, 3.63) is 57.1 Å². The zero-order valence-electron chi connectivity index (χ0n) is 15.5. The van der Waals surface area contributed by atoms with Gasteiger partial charge in [0.2, 0.25) is 11.8 Å². The second-order valence-corrected chi connectivity index (χ2v) is 7.88. The Hall–Kier alpha value is -2.14. The maximum atomic E-state index is 12.7. The van der Waals surface area contributed by atoms with Crippen LogP contribution in [0.25, 0.3) is 0 Å². The van der Waals surface area contributed by atoms with Gasteiger partial charge in [0, 0.05) is 28.8 Å². The molecule has 1 aliphatic rings. The van der Waals surface area contributed by atoms with E-state index in [0.717, 1.165) is 38.1 Å². The molecule has 1 atom stereocenters. The number of amides is 2. The lowest BCUT2D eigenvalue weighted by atomic mass is 10.1. The molecule has 1 fully saturated rings. The number of nitrogens with zero attached hydrogens (tertiary/aromatic N) is 1. The average molecular weight is 415 g/mol. The van der Waals surface area contributed by atoms with E-state index >= 15 is 0 Å². The molecular weight excluding hydrogens is 392 g/mol. The molecule has 0 unspecified atom stereocenters. The number of carbonyl (C=O) groups is 2. The quantitative estimate of drug-likeness (QED) is 0.792. The number of halogens is 1. The number of carbonyl (C=O) groups excluding carboxylic acids is 2. The predicted octanol–water partition coefficient (Wildman–Crippen LogP) is 4.67. The number of hydrogen-bond donors (Lipinski definition) is 1. The second-order valence-electron chi connectivity index (χ2n) is 7.03. The van der Waals surface area contributed by atoms with Gasteiger partial charge in [-0.25, -0.2) is 0 Å². The van der Waals surface area contributed by atoms with Gasteiger partial charge in [-0.2, -0.15) is 0 Å². The molecule has 0 aliphatic carbocycles. The van der Waals surface area contributed by atoms with E-state index in [9.17, 15) is 9.59 Å². The summed E-state index contributed by atoms with van der Waals surface area (Å²) >= 11 is 3.50. The van der Waals surface area contributed by atoms with Crippen molar-refractivity contribution < 1.29 is 9.59 Å². The van der Waals surface area contributed by atoms with E-state index < -0.39 is 0 Å². The molecule has 3 rings (SSSR count). The summed E-state index contributed by atoms with van der Waals surface area (Å²) in [4.78, 5) is 27.0. The zero-order valence-corrected chi connectivity index (χ0v) is 17.1. The highest BCUT2D eigenvalue weighted by Gasteiger charge is 2.35. The summed E-state index contributed by atoms with van der Waals surface area (Å²) in [5.41, 5.74) is 5.98. The van der Waals surface area contributed by atoms with Crippen LogP contribution in [0.2, 0.25) is 0 Å². The molecule has 136 valence electrons. The Balaban J connectivity index is 1.77. The molecule has 1 saturated heterocycles. The van der Waals surface area contributed by atoms with Gasteiger partial charge in [0.05, 0.1) is 5.92 Å². The Kier molecular flexibility index (Phi) is 5.19. The number of hydrogen-bond acceptors (Lipinski definition) is 2. The molecule has 2 aromatic rings. The van der Waals surface area contributed by atoms with Crippen molar-refractivity contribution in [3.63, 3.8) is 0 Å². The summed E-state index contributed by atoms with van der Waals surface area (Å²) in [5.74, 6) is -0.440. The molecule has 26 heavy (non-hydrogen) atoms. The topological polar surface area (TPSA) is 49.4 Å². The third kappa shape index (κ3) is 3.54. The largest absolute Gasteiger partial charge is 0.326 e. The SMILES string of the molecule is Cc1cc(NC(=O)[C@@H]2CC(=O)N(c3cccc(C)c3C)C2)c(C)cc1Br. The van der Waals surface area contributed by atoms with Gasteiger partial charge >= 0.3 is 0 Å². The second kappa shape index (κ2) is 7.23. The highest BCUT2D eigenvalue weighted by Crippen LogP contribution is 2.31. The van der Waals surface area contributed by atoms with Crippen LogP contribution in [0.5, 0.6) is 0 Å². The van der Waals surface area contributed by atoms with Crippen LogP contribution in [-0.2, 0) is 9.59 Å². The first-order chi connectivity index (χ1) is 12.3. The Morgan fingerprint density at radius 2 is 1.85 bits per heavy atom. The first-order valence-corrected chi connectivity index (χ1v) is 9.51. The zero-order chi connectivity index (χ0) is 19.0. The normalized spacial score (nSPS) is 16.9. The number of aryl methyl sites for hydroxylation is 3. The summed E-state index contributed by atoms with van der Waals surface area (Å²) in [6.45, 7) is 8.41. The van der Waals surface area contributed by atoms with Crippen molar-refractivity contribution in [3.8, 4) is 0 Å². The molecule has 4 nitrogen and oxygen atoms in total. The number of benzene rings is 2. The van der Waals surface area contributed by atoms with Crippen LogP contribution >= 0.6 is 15.9 Å². The Bertz CT molecular complexity index is 892. The molecule has 2 amide bonds. The summed E-state index contributed by atoms with van der Waals surface area (Å²) in [5, 5.41) is 3.00. The first kappa shape index (κ1) is 18.6. The highest BCUT2D eigenvalue weighted by molar-refractivity contribution is 9.10. The van der Waals surface area contributed by atoms with Crippen LogP contribution in [0, 0.1) is 33.6 Å². The smallest absolute Gasteiger partial charge is 0.229 e. The van der Waals surface area contributed by atoms with Crippen molar-refractivity contribution >= 4 is 39.1 Å². The van der Waals surface area contributed by atoms with Gasteiger partial charge in [0.15, 0.2) is 0 Å².